The van der Waals surface area contributed by atoms with Crippen LogP contribution in [-0.2, 0) is 14.3 Å². The van der Waals surface area contributed by atoms with Crippen molar-refractivity contribution in [2.45, 2.75) is 96.8 Å². The summed E-state index contributed by atoms with van der Waals surface area (Å²) in [6.07, 6.45) is 21.6. The SMILES string of the molecule is CCCCCCCC/C=C\CCCCCCCC(=O)OCCOCCOc1ccccc1. The number of para-hydroxylation sites is 1. The fourth-order valence-corrected chi connectivity index (χ4v) is 3.46. The van der Waals surface area contributed by atoms with E-state index < -0.39 is 0 Å². The van der Waals surface area contributed by atoms with Crippen LogP contribution in [0.1, 0.15) is 96.8 Å². The van der Waals surface area contributed by atoms with Crippen LogP contribution < -0.4 is 4.74 Å². The van der Waals surface area contributed by atoms with Gasteiger partial charge in [0.2, 0.25) is 0 Å². The summed E-state index contributed by atoms with van der Waals surface area (Å²) in [6, 6.07) is 9.65. The lowest BCUT2D eigenvalue weighted by Crippen LogP contribution is -2.13. The van der Waals surface area contributed by atoms with Crippen LogP contribution in [0.3, 0.4) is 0 Å². The van der Waals surface area contributed by atoms with Gasteiger partial charge in [-0.25, -0.2) is 0 Å². The number of allylic oxidation sites excluding steroid dienone is 2. The number of hydrogen-bond donors (Lipinski definition) is 0. The van der Waals surface area contributed by atoms with Crippen molar-refractivity contribution in [2.75, 3.05) is 26.4 Å². The van der Waals surface area contributed by atoms with E-state index in [1.54, 1.807) is 0 Å². The topological polar surface area (TPSA) is 44.8 Å². The molecule has 4 nitrogen and oxygen atoms in total. The molecule has 0 radical (unpaired) electrons. The molecule has 32 heavy (non-hydrogen) atoms. The lowest BCUT2D eigenvalue weighted by Gasteiger charge is -2.08. The van der Waals surface area contributed by atoms with Crippen molar-refractivity contribution < 1.29 is 19.0 Å². The van der Waals surface area contributed by atoms with E-state index in [1.165, 1.54) is 70.6 Å². The van der Waals surface area contributed by atoms with E-state index in [2.05, 4.69) is 19.1 Å². The Hall–Kier alpha value is -1.81. The first-order valence-electron chi connectivity index (χ1n) is 12.9. The smallest absolute Gasteiger partial charge is 0.305 e. The van der Waals surface area contributed by atoms with Gasteiger partial charge in [-0.3, -0.25) is 4.79 Å². The first-order chi connectivity index (χ1) is 15.8. The molecule has 4 heteroatoms. The second kappa shape index (κ2) is 22.4. The van der Waals surface area contributed by atoms with Crippen LogP contribution in [0.5, 0.6) is 5.75 Å². The molecule has 1 aromatic carbocycles. The summed E-state index contributed by atoms with van der Waals surface area (Å²) in [5.74, 6) is 0.717. The highest BCUT2D eigenvalue weighted by atomic mass is 16.6. The molecule has 0 unspecified atom stereocenters. The molecule has 1 aromatic rings. The molecule has 0 bridgehead atoms. The molecular formula is C28H46O4. The highest BCUT2D eigenvalue weighted by molar-refractivity contribution is 5.69. The maximum atomic E-state index is 11.7. The largest absolute Gasteiger partial charge is 0.491 e. The zero-order valence-electron chi connectivity index (χ0n) is 20.4. The summed E-state index contributed by atoms with van der Waals surface area (Å²) in [5, 5.41) is 0. The Morgan fingerprint density at radius 2 is 1.31 bits per heavy atom. The van der Waals surface area contributed by atoms with E-state index in [0.717, 1.165) is 18.6 Å². The average molecular weight is 447 g/mol. The standard InChI is InChI=1S/C28H46O4/c1-2-3-4-5-6-7-8-9-10-11-12-13-14-15-19-22-28(29)32-26-24-30-23-25-31-27-20-17-16-18-21-27/h9-10,16-18,20-21H,2-8,11-15,19,22-26H2,1H3/b10-9-. The Morgan fingerprint density at radius 1 is 0.719 bits per heavy atom. The third-order valence-corrected chi connectivity index (χ3v) is 5.37. The van der Waals surface area contributed by atoms with Crippen molar-refractivity contribution in [1.82, 2.24) is 0 Å². The van der Waals surface area contributed by atoms with Crippen molar-refractivity contribution in [3.8, 4) is 5.75 Å². The average Bonchev–Trinajstić information content (AvgIpc) is 2.81. The van der Waals surface area contributed by atoms with E-state index in [1.807, 2.05) is 30.3 Å². The molecule has 0 fully saturated rings. The molecule has 0 spiro atoms. The first kappa shape index (κ1) is 28.2. The van der Waals surface area contributed by atoms with Gasteiger partial charge in [0.05, 0.1) is 13.2 Å². The Kier molecular flexibility index (Phi) is 19.7. The van der Waals surface area contributed by atoms with Crippen molar-refractivity contribution in [2.24, 2.45) is 0 Å². The van der Waals surface area contributed by atoms with E-state index in [4.69, 9.17) is 14.2 Å². The lowest BCUT2D eigenvalue weighted by atomic mass is 10.1. The zero-order valence-corrected chi connectivity index (χ0v) is 20.4. The molecule has 182 valence electrons. The second-order valence-electron chi connectivity index (χ2n) is 8.33. The zero-order chi connectivity index (χ0) is 23.0. The Balaban J connectivity index is 1.76. The molecule has 0 N–H and O–H groups in total. The molecular weight excluding hydrogens is 400 g/mol. The number of unbranched alkanes of at least 4 members (excludes halogenated alkanes) is 11. The van der Waals surface area contributed by atoms with E-state index in [0.29, 0.717) is 32.8 Å². The van der Waals surface area contributed by atoms with Crippen LogP contribution in [0.25, 0.3) is 0 Å². The van der Waals surface area contributed by atoms with Gasteiger partial charge in [0, 0.05) is 6.42 Å². The quantitative estimate of drug-likeness (QED) is 0.104. The van der Waals surface area contributed by atoms with Crippen LogP contribution in [0.15, 0.2) is 42.5 Å². The lowest BCUT2D eigenvalue weighted by molar-refractivity contribution is -0.145. The predicted octanol–water partition coefficient (Wildman–Crippen LogP) is 7.66. The van der Waals surface area contributed by atoms with Gasteiger partial charge in [0.15, 0.2) is 0 Å². The van der Waals surface area contributed by atoms with Crippen LogP contribution in [-0.4, -0.2) is 32.4 Å². The van der Waals surface area contributed by atoms with Crippen LogP contribution >= 0.6 is 0 Å². The summed E-state index contributed by atoms with van der Waals surface area (Å²) in [7, 11) is 0. The maximum absolute atomic E-state index is 11.7. The molecule has 0 aliphatic rings. The van der Waals surface area contributed by atoms with Crippen LogP contribution in [0.4, 0.5) is 0 Å². The summed E-state index contributed by atoms with van der Waals surface area (Å²) in [5.41, 5.74) is 0. The fourth-order valence-electron chi connectivity index (χ4n) is 3.46. The first-order valence-corrected chi connectivity index (χ1v) is 12.9. The molecule has 0 atom stereocenters. The second-order valence-corrected chi connectivity index (χ2v) is 8.33. The molecule has 0 aromatic heterocycles. The predicted molar refractivity (Wildman–Crippen MR) is 133 cm³/mol. The monoisotopic (exact) mass is 446 g/mol. The summed E-state index contributed by atoms with van der Waals surface area (Å²) in [4.78, 5) is 11.7. The van der Waals surface area contributed by atoms with Gasteiger partial charge < -0.3 is 14.2 Å². The van der Waals surface area contributed by atoms with Crippen molar-refractivity contribution in [3.63, 3.8) is 0 Å². The van der Waals surface area contributed by atoms with Crippen molar-refractivity contribution in [1.29, 1.82) is 0 Å². The number of rotatable bonds is 22. The maximum Gasteiger partial charge on any atom is 0.305 e. The van der Waals surface area contributed by atoms with Gasteiger partial charge in [-0.05, 0) is 44.2 Å². The minimum atomic E-state index is -0.119. The number of hydrogen-bond acceptors (Lipinski definition) is 4. The Labute approximate surface area is 196 Å². The summed E-state index contributed by atoms with van der Waals surface area (Å²) >= 11 is 0. The number of ether oxygens (including phenoxy) is 3. The van der Waals surface area contributed by atoms with Crippen molar-refractivity contribution >= 4 is 5.97 Å². The Bertz CT molecular complexity index is 556. The third-order valence-electron chi connectivity index (χ3n) is 5.37. The van der Waals surface area contributed by atoms with Crippen molar-refractivity contribution in [3.05, 3.63) is 42.5 Å². The molecule has 0 aliphatic heterocycles. The number of benzene rings is 1. The minimum Gasteiger partial charge on any atom is -0.491 e. The molecule has 1 rings (SSSR count). The number of carbonyl (C=O) groups is 1. The molecule has 0 aliphatic carbocycles. The fraction of sp³-hybridized carbons (Fsp3) is 0.679. The van der Waals surface area contributed by atoms with Crippen LogP contribution in [0, 0.1) is 0 Å². The minimum absolute atomic E-state index is 0.119. The van der Waals surface area contributed by atoms with E-state index in [9.17, 15) is 4.79 Å². The van der Waals surface area contributed by atoms with Gasteiger partial charge in [0.1, 0.15) is 19.0 Å². The highest BCUT2D eigenvalue weighted by Gasteiger charge is 2.02. The van der Waals surface area contributed by atoms with E-state index in [-0.39, 0.29) is 5.97 Å². The van der Waals surface area contributed by atoms with E-state index >= 15 is 0 Å². The number of carbonyl (C=O) groups excluding carboxylic acids is 1. The molecule has 0 saturated carbocycles. The molecule has 0 saturated heterocycles. The molecule has 0 heterocycles. The van der Waals surface area contributed by atoms with Gasteiger partial charge in [-0.15, -0.1) is 0 Å². The third kappa shape index (κ3) is 18.9. The van der Waals surface area contributed by atoms with Gasteiger partial charge in [-0.2, -0.15) is 0 Å². The summed E-state index contributed by atoms with van der Waals surface area (Å²) < 4.78 is 16.2. The normalized spacial score (nSPS) is 11.2. The highest BCUT2D eigenvalue weighted by Crippen LogP contribution is 2.10. The Morgan fingerprint density at radius 3 is 2.00 bits per heavy atom. The summed E-state index contributed by atoms with van der Waals surface area (Å²) in [6.45, 7) is 3.97. The number of esters is 1. The van der Waals surface area contributed by atoms with Gasteiger partial charge in [0.25, 0.3) is 0 Å². The molecule has 0 amide bonds. The van der Waals surface area contributed by atoms with Crippen LogP contribution in [0.2, 0.25) is 0 Å². The van der Waals surface area contributed by atoms with Gasteiger partial charge in [-0.1, -0.05) is 88.6 Å². The van der Waals surface area contributed by atoms with Gasteiger partial charge >= 0.3 is 5.97 Å².